The Kier molecular flexibility index (Phi) is 5.08. The number of halogens is 2. The third-order valence-electron chi connectivity index (χ3n) is 3.52. The number of alkyl halides is 2. The second-order valence-electron chi connectivity index (χ2n) is 5.89. The van der Waals surface area contributed by atoms with Crippen molar-refractivity contribution in [3.8, 4) is 0 Å². The summed E-state index contributed by atoms with van der Waals surface area (Å²) in [5.41, 5.74) is 8.38. The number of pyridine rings is 1. The van der Waals surface area contributed by atoms with E-state index in [2.05, 4.69) is 23.8 Å². The van der Waals surface area contributed by atoms with Gasteiger partial charge in [0.15, 0.2) is 0 Å². The molecule has 1 heterocycles. The van der Waals surface area contributed by atoms with Crippen molar-refractivity contribution in [1.82, 2.24) is 4.98 Å². The minimum Gasteiger partial charge on any atom is -0.382 e. The third-order valence-corrected chi connectivity index (χ3v) is 3.52. The number of rotatable bonds is 5. The van der Waals surface area contributed by atoms with E-state index in [1.54, 1.807) is 12.1 Å². The Balaban J connectivity index is 2.12. The molecule has 3 nitrogen and oxygen atoms in total. The van der Waals surface area contributed by atoms with E-state index in [4.69, 9.17) is 5.73 Å². The van der Waals surface area contributed by atoms with Crippen molar-refractivity contribution in [1.29, 1.82) is 0 Å². The Labute approximate surface area is 135 Å². The molecule has 122 valence electrons. The van der Waals surface area contributed by atoms with Gasteiger partial charge < -0.3 is 5.73 Å². The average molecular weight is 317 g/mol. The molecule has 5 heteroatoms. The smallest absolute Gasteiger partial charge is 0.270 e. The van der Waals surface area contributed by atoms with Gasteiger partial charge >= 0.3 is 0 Å². The molecule has 0 amide bonds. The molecular formula is C18H21F2N3. The second kappa shape index (κ2) is 6.86. The molecule has 23 heavy (non-hydrogen) atoms. The van der Waals surface area contributed by atoms with Crippen molar-refractivity contribution >= 4 is 5.84 Å². The highest BCUT2D eigenvalue weighted by Crippen LogP contribution is 2.26. The zero-order chi connectivity index (χ0) is 17.0. The molecule has 0 saturated carbocycles. The molecule has 0 unspecified atom stereocenters. The SMILES string of the molecule is CC(C)c1cccc(C(N)=NCc2ccc(C(C)(F)F)cc2)n1. The molecule has 2 rings (SSSR count). The fourth-order valence-corrected chi connectivity index (χ4v) is 2.08. The number of hydrogen-bond acceptors (Lipinski definition) is 2. The third kappa shape index (κ3) is 4.58. The van der Waals surface area contributed by atoms with Gasteiger partial charge in [-0.05, 0) is 23.6 Å². The Hall–Kier alpha value is -2.30. The number of aromatic nitrogens is 1. The quantitative estimate of drug-likeness (QED) is 0.663. The number of benzene rings is 1. The molecule has 2 aromatic rings. The number of nitrogens with two attached hydrogens (primary N) is 1. The predicted octanol–water partition coefficient (Wildman–Crippen LogP) is 4.22. The van der Waals surface area contributed by atoms with Crippen LogP contribution in [0.1, 0.15) is 49.2 Å². The van der Waals surface area contributed by atoms with Gasteiger partial charge in [0, 0.05) is 18.2 Å². The summed E-state index contributed by atoms with van der Waals surface area (Å²) in [4.78, 5) is 8.78. The number of amidine groups is 1. The van der Waals surface area contributed by atoms with E-state index in [1.807, 2.05) is 18.2 Å². The predicted molar refractivity (Wildman–Crippen MR) is 88.8 cm³/mol. The highest BCUT2D eigenvalue weighted by Gasteiger charge is 2.23. The Morgan fingerprint density at radius 2 is 1.83 bits per heavy atom. The summed E-state index contributed by atoms with van der Waals surface area (Å²) in [5, 5.41) is 0. The molecule has 0 spiro atoms. The van der Waals surface area contributed by atoms with Crippen LogP contribution in [0.2, 0.25) is 0 Å². The fraction of sp³-hybridized carbons (Fsp3) is 0.333. The summed E-state index contributed by atoms with van der Waals surface area (Å²) < 4.78 is 26.3. The van der Waals surface area contributed by atoms with E-state index in [1.165, 1.54) is 12.1 Å². The lowest BCUT2D eigenvalue weighted by molar-refractivity contribution is 0.0174. The highest BCUT2D eigenvalue weighted by atomic mass is 19.3. The fourth-order valence-electron chi connectivity index (χ4n) is 2.08. The number of aliphatic imine (C=N–C) groups is 1. The van der Waals surface area contributed by atoms with Crippen LogP contribution in [0.5, 0.6) is 0 Å². The van der Waals surface area contributed by atoms with E-state index in [9.17, 15) is 8.78 Å². The van der Waals surface area contributed by atoms with Crippen molar-refractivity contribution in [2.45, 2.75) is 39.2 Å². The van der Waals surface area contributed by atoms with E-state index in [0.29, 0.717) is 24.0 Å². The van der Waals surface area contributed by atoms with Crippen LogP contribution in [0.25, 0.3) is 0 Å². The minimum absolute atomic E-state index is 0.00972. The summed E-state index contributed by atoms with van der Waals surface area (Å²) in [6, 6.07) is 11.8. The van der Waals surface area contributed by atoms with Crippen LogP contribution in [0, 0.1) is 0 Å². The van der Waals surface area contributed by atoms with Crippen LogP contribution in [-0.4, -0.2) is 10.8 Å². The minimum atomic E-state index is -2.83. The average Bonchev–Trinajstić information content (AvgIpc) is 2.52. The maximum atomic E-state index is 13.2. The van der Waals surface area contributed by atoms with Gasteiger partial charge in [0.05, 0.1) is 6.54 Å². The lowest BCUT2D eigenvalue weighted by Crippen LogP contribution is -2.16. The Bertz CT molecular complexity index is 686. The Morgan fingerprint density at radius 1 is 1.17 bits per heavy atom. The van der Waals surface area contributed by atoms with E-state index < -0.39 is 5.92 Å². The zero-order valence-electron chi connectivity index (χ0n) is 13.6. The molecule has 1 aromatic carbocycles. The standard InChI is InChI=1S/C18H21F2N3/c1-12(2)15-5-4-6-16(23-15)17(21)22-11-13-7-9-14(10-8-13)18(3,19)20/h4-10,12H,11H2,1-3H3,(H2,21,22). The molecule has 0 atom stereocenters. The molecule has 0 aliphatic rings. The van der Waals surface area contributed by atoms with Gasteiger partial charge in [-0.2, -0.15) is 0 Å². The van der Waals surface area contributed by atoms with Gasteiger partial charge in [-0.15, -0.1) is 0 Å². The molecule has 0 aliphatic carbocycles. The normalized spacial score (nSPS) is 12.7. The summed E-state index contributed by atoms with van der Waals surface area (Å²) in [5.74, 6) is -2.18. The molecule has 0 saturated heterocycles. The van der Waals surface area contributed by atoms with Crippen LogP contribution >= 0.6 is 0 Å². The van der Waals surface area contributed by atoms with Crippen LogP contribution in [0.15, 0.2) is 47.5 Å². The lowest BCUT2D eigenvalue weighted by atomic mass is 10.1. The van der Waals surface area contributed by atoms with Crippen LogP contribution in [0.4, 0.5) is 8.78 Å². The maximum Gasteiger partial charge on any atom is 0.270 e. The van der Waals surface area contributed by atoms with E-state index >= 15 is 0 Å². The first-order chi connectivity index (χ1) is 10.8. The van der Waals surface area contributed by atoms with Gasteiger partial charge in [-0.1, -0.05) is 44.2 Å². The van der Waals surface area contributed by atoms with Gasteiger partial charge in [0.2, 0.25) is 0 Å². The highest BCUT2D eigenvalue weighted by molar-refractivity contribution is 5.95. The second-order valence-corrected chi connectivity index (χ2v) is 5.89. The van der Waals surface area contributed by atoms with Gasteiger partial charge in [-0.3, -0.25) is 4.99 Å². The van der Waals surface area contributed by atoms with Crippen molar-refractivity contribution in [3.63, 3.8) is 0 Å². The number of nitrogens with zero attached hydrogens (tertiary/aromatic N) is 2. The van der Waals surface area contributed by atoms with Gasteiger partial charge in [-0.25, -0.2) is 13.8 Å². The monoisotopic (exact) mass is 317 g/mol. The summed E-state index contributed by atoms with van der Waals surface area (Å²) in [7, 11) is 0. The van der Waals surface area contributed by atoms with Crippen LogP contribution < -0.4 is 5.73 Å². The molecule has 1 aromatic heterocycles. The first-order valence-corrected chi connectivity index (χ1v) is 7.52. The van der Waals surface area contributed by atoms with Crippen LogP contribution in [-0.2, 0) is 12.5 Å². The summed E-state index contributed by atoms with van der Waals surface area (Å²) >= 11 is 0. The molecule has 0 fully saturated rings. The topological polar surface area (TPSA) is 51.3 Å². The van der Waals surface area contributed by atoms with Gasteiger partial charge in [0.1, 0.15) is 11.5 Å². The molecule has 0 aliphatic heterocycles. The van der Waals surface area contributed by atoms with E-state index in [-0.39, 0.29) is 5.56 Å². The van der Waals surface area contributed by atoms with E-state index in [0.717, 1.165) is 18.2 Å². The maximum absolute atomic E-state index is 13.2. The van der Waals surface area contributed by atoms with Crippen molar-refractivity contribution < 1.29 is 8.78 Å². The summed E-state index contributed by atoms with van der Waals surface area (Å²) in [6.07, 6.45) is 0. The van der Waals surface area contributed by atoms with Crippen molar-refractivity contribution in [2.24, 2.45) is 10.7 Å². The first-order valence-electron chi connectivity index (χ1n) is 7.52. The largest absolute Gasteiger partial charge is 0.382 e. The molecule has 0 bridgehead atoms. The Morgan fingerprint density at radius 3 is 2.39 bits per heavy atom. The van der Waals surface area contributed by atoms with Gasteiger partial charge in [0.25, 0.3) is 5.92 Å². The lowest BCUT2D eigenvalue weighted by Gasteiger charge is -2.10. The van der Waals surface area contributed by atoms with Crippen molar-refractivity contribution in [2.75, 3.05) is 0 Å². The van der Waals surface area contributed by atoms with Crippen LogP contribution in [0.3, 0.4) is 0 Å². The first kappa shape index (κ1) is 17.1. The molecule has 2 N–H and O–H groups in total. The van der Waals surface area contributed by atoms with Crippen molar-refractivity contribution in [3.05, 3.63) is 65.0 Å². The molecular weight excluding hydrogens is 296 g/mol. The zero-order valence-corrected chi connectivity index (χ0v) is 13.6. The summed E-state index contributed by atoms with van der Waals surface area (Å²) in [6.45, 7) is 5.33. The molecule has 0 radical (unpaired) electrons. The number of hydrogen-bond donors (Lipinski definition) is 1.